The summed E-state index contributed by atoms with van der Waals surface area (Å²) in [6.45, 7) is 0.746. The van der Waals surface area contributed by atoms with Gasteiger partial charge in [-0.3, -0.25) is 4.98 Å². The Morgan fingerprint density at radius 2 is 1.84 bits per heavy atom. The van der Waals surface area contributed by atoms with Crippen molar-refractivity contribution in [3.05, 3.63) is 66.5 Å². The Morgan fingerprint density at radius 3 is 2.74 bits per heavy atom. The molecule has 1 aromatic heterocycles. The van der Waals surface area contributed by atoms with Gasteiger partial charge in [-0.1, -0.05) is 42.5 Å². The third-order valence-electron chi connectivity index (χ3n) is 3.20. The quantitative estimate of drug-likeness (QED) is 0.747. The smallest absolute Gasteiger partial charge is 0.0736 e. The Hall–Kier alpha value is -2.55. The molecule has 0 fully saturated rings. The van der Waals surface area contributed by atoms with Crippen LogP contribution in [0.2, 0.25) is 0 Å². The fourth-order valence-corrected chi connectivity index (χ4v) is 2.20. The zero-order chi connectivity index (χ0) is 13.1. The minimum atomic E-state index is 0.669. The fraction of sp³-hybridized carbons (Fsp3) is 0.0625. The minimum absolute atomic E-state index is 0.669. The molecule has 2 aromatic carbocycles. The maximum absolute atomic E-state index is 5.87. The molecule has 19 heavy (non-hydrogen) atoms. The molecule has 3 N–H and O–H groups in total. The SMILES string of the molecule is Nc1cnccc1NCc1cccc2ccccc12. The number of fused-ring (bicyclic) bond motifs is 1. The van der Waals surface area contributed by atoms with Crippen LogP contribution >= 0.6 is 0 Å². The lowest BCUT2D eigenvalue weighted by Gasteiger charge is -2.10. The first kappa shape index (κ1) is 11.5. The van der Waals surface area contributed by atoms with Gasteiger partial charge in [0.15, 0.2) is 0 Å². The van der Waals surface area contributed by atoms with Gasteiger partial charge < -0.3 is 11.1 Å². The molecule has 0 radical (unpaired) electrons. The summed E-state index contributed by atoms with van der Waals surface area (Å²) in [5, 5.41) is 5.88. The zero-order valence-electron chi connectivity index (χ0n) is 10.5. The second kappa shape index (κ2) is 4.98. The Bertz CT molecular complexity index is 702. The van der Waals surface area contributed by atoms with E-state index >= 15 is 0 Å². The Balaban J connectivity index is 1.88. The highest BCUT2D eigenvalue weighted by atomic mass is 14.9. The van der Waals surface area contributed by atoms with Crippen LogP contribution in [0.1, 0.15) is 5.56 Å². The predicted molar refractivity (Wildman–Crippen MR) is 79.9 cm³/mol. The molecule has 0 amide bonds. The number of benzene rings is 2. The van der Waals surface area contributed by atoms with Crippen LogP contribution in [-0.2, 0) is 6.54 Å². The highest BCUT2D eigenvalue weighted by molar-refractivity contribution is 5.85. The van der Waals surface area contributed by atoms with E-state index in [-0.39, 0.29) is 0 Å². The number of nitrogens with one attached hydrogen (secondary N) is 1. The minimum Gasteiger partial charge on any atom is -0.396 e. The van der Waals surface area contributed by atoms with Gasteiger partial charge in [0.2, 0.25) is 0 Å². The van der Waals surface area contributed by atoms with Gasteiger partial charge in [-0.15, -0.1) is 0 Å². The van der Waals surface area contributed by atoms with Crippen LogP contribution in [0.4, 0.5) is 11.4 Å². The summed E-state index contributed by atoms with van der Waals surface area (Å²) in [6.07, 6.45) is 3.40. The molecule has 0 aliphatic heterocycles. The van der Waals surface area contributed by atoms with Gasteiger partial charge in [-0.2, -0.15) is 0 Å². The van der Waals surface area contributed by atoms with Crippen molar-refractivity contribution in [1.29, 1.82) is 0 Å². The lowest BCUT2D eigenvalue weighted by molar-refractivity contribution is 1.16. The van der Waals surface area contributed by atoms with Crippen LogP contribution in [0.25, 0.3) is 10.8 Å². The molecule has 0 aliphatic carbocycles. The molecule has 1 heterocycles. The first-order valence-electron chi connectivity index (χ1n) is 6.24. The van der Waals surface area contributed by atoms with Gasteiger partial charge in [0.1, 0.15) is 0 Å². The molecule has 0 saturated heterocycles. The summed E-state index contributed by atoms with van der Waals surface area (Å²) in [7, 11) is 0. The summed E-state index contributed by atoms with van der Waals surface area (Å²) in [4.78, 5) is 3.98. The molecule has 0 spiro atoms. The van der Waals surface area contributed by atoms with Gasteiger partial charge >= 0.3 is 0 Å². The maximum Gasteiger partial charge on any atom is 0.0736 e. The van der Waals surface area contributed by atoms with E-state index in [1.807, 2.05) is 6.07 Å². The summed E-state index contributed by atoms with van der Waals surface area (Å²) >= 11 is 0. The number of pyridine rings is 1. The topological polar surface area (TPSA) is 50.9 Å². The number of hydrogen-bond acceptors (Lipinski definition) is 3. The van der Waals surface area contributed by atoms with E-state index < -0.39 is 0 Å². The number of aromatic nitrogens is 1. The van der Waals surface area contributed by atoms with Crippen LogP contribution in [0.15, 0.2) is 60.9 Å². The average molecular weight is 249 g/mol. The van der Waals surface area contributed by atoms with E-state index in [9.17, 15) is 0 Å². The highest BCUT2D eigenvalue weighted by Gasteiger charge is 2.01. The number of anilines is 2. The van der Waals surface area contributed by atoms with Crippen molar-refractivity contribution in [3.8, 4) is 0 Å². The van der Waals surface area contributed by atoms with Crippen molar-refractivity contribution in [1.82, 2.24) is 4.98 Å². The van der Waals surface area contributed by atoms with E-state index in [1.165, 1.54) is 16.3 Å². The molecule has 0 atom stereocenters. The molecular weight excluding hydrogens is 234 g/mol. The van der Waals surface area contributed by atoms with Crippen molar-refractivity contribution in [2.75, 3.05) is 11.1 Å². The van der Waals surface area contributed by atoms with E-state index in [0.29, 0.717) is 5.69 Å². The molecule has 0 aliphatic rings. The lowest BCUT2D eigenvalue weighted by Crippen LogP contribution is -2.03. The fourth-order valence-electron chi connectivity index (χ4n) is 2.20. The third kappa shape index (κ3) is 2.36. The lowest BCUT2D eigenvalue weighted by atomic mass is 10.0. The van der Waals surface area contributed by atoms with Crippen LogP contribution in [0.5, 0.6) is 0 Å². The maximum atomic E-state index is 5.87. The highest BCUT2D eigenvalue weighted by Crippen LogP contribution is 2.21. The number of nitrogens with zero attached hydrogens (tertiary/aromatic N) is 1. The molecule has 0 saturated carbocycles. The van der Waals surface area contributed by atoms with Crippen molar-refractivity contribution >= 4 is 22.1 Å². The standard InChI is InChI=1S/C16H15N3/c17-15-11-18-9-8-16(15)19-10-13-6-3-5-12-4-1-2-7-14(12)13/h1-9,11H,10,17H2,(H,18,19). The van der Waals surface area contributed by atoms with E-state index in [2.05, 4.69) is 52.8 Å². The van der Waals surface area contributed by atoms with Gasteiger partial charge in [-0.05, 0) is 22.4 Å². The molecule has 3 rings (SSSR count). The van der Waals surface area contributed by atoms with Crippen molar-refractivity contribution in [2.45, 2.75) is 6.54 Å². The van der Waals surface area contributed by atoms with Crippen molar-refractivity contribution in [3.63, 3.8) is 0 Å². The number of nitrogens with two attached hydrogens (primary N) is 1. The van der Waals surface area contributed by atoms with Crippen LogP contribution in [0.3, 0.4) is 0 Å². The number of rotatable bonds is 3. The molecule has 3 heteroatoms. The van der Waals surface area contributed by atoms with Crippen molar-refractivity contribution < 1.29 is 0 Å². The Labute approximate surface area is 112 Å². The number of nitrogen functional groups attached to an aromatic ring is 1. The van der Waals surface area contributed by atoms with E-state index in [0.717, 1.165) is 12.2 Å². The zero-order valence-corrected chi connectivity index (χ0v) is 10.5. The van der Waals surface area contributed by atoms with Gasteiger partial charge in [-0.25, -0.2) is 0 Å². The number of hydrogen-bond donors (Lipinski definition) is 2. The van der Waals surface area contributed by atoms with Gasteiger partial charge in [0.05, 0.1) is 17.6 Å². The predicted octanol–water partition coefficient (Wildman–Crippen LogP) is 3.43. The Morgan fingerprint density at radius 1 is 1.00 bits per heavy atom. The monoisotopic (exact) mass is 249 g/mol. The first-order valence-corrected chi connectivity index (χ1v) is 6.24. The summed E-state index contributed by atoms with van der Waals surface area (Å²) in [6, 6.07) is 16.6. The van der Waals surface area contributed by atoms with E-state index in [1.54, 1.807) is 12.4 Å². The largest absolute Gasteiger partial charge is 0.396 e. The van der Waals surface area contributed by atoms with Crippen LogP contribution in [-0.4, -0.2) is 4.98 Å². The molecule has 94 valence electrons. The van der Waals surface area contributed by atoms with Gasteiger partial charge in [0.25, 0.3) is 0 Å². The first-order chi connectivity index (χ1) is 9.34. The summed E-state index contributed by atoms with van der Waals surface area (Å²) in [5.41, 5.74) is 8.72. The van der Waals surface area contributed by atoms with Crippen LogP contribution in [0, 0.1) is 0 Å². The van der Waals surface area contributed by atoms with Crippen molar-refractivity contribution in [2.24, 2.45) is 0 Å². The average Bonchev–Trinajstić information content (AvgIpc) is 2.46. The molecule has 0 unspecified atom stereocenters. The normalized spacial score (nSPS) is 10.5. The van der Waals surface area contributed by atoms with Crippen LogP contribution < -0.4 is 11.1 Å². The summed E-state index contributed by atoms with van der Waals surface area (Å²) < 4.78 is 0. The second-order valence-corrected chi connectivity index (χ2v) is 4.45. The molecule has 0 bridgehead atoms. The molecule has 3 aromatic rings. The summed E-state index contributed by atoms with van der Waals surface area (Å²) in [5.74, 6) is 0. The molecular formula is C16H15N3. The van der Waals surface area contributed by atoms with Gasteiger partial charge in [0, 0.05) is 12.7 Å². The third-order valence-corrected chi connectivity index (χ3v) is 3.20. The molecule has 3 nitrogen and oxygen atoms in total. The van der Waals surface area contributed by atoms with E-state index in [4.69, 9.17) is 5.73 Å². The second-order valence-electron chi connectivity index (χ2n) is 4.45. The Kier molecular flexibility index (Phi) is 3.02.